The Kier molecular flexibility index (Phi) is 5.86. The van der Waals surface area contributed by atoms with E-state index in [0.717, 1.165) is 18.4 Å². The fourth-order valence-corrected chi connectivity index (χ4v) is 1.89. The Bertz CT molecular complexity index is 401. The average molecular weight is 249 g/mol. The summed E-state index contributed by atoms with van der Waals surface area (Å²) in [5, 5.41) is 11.7. The van der Waals surface area contributed by atoms with Crippen LogP contribution >= 0.6 is 0 Å². The molecule has 0 aromatic heterocycles. The van der Waals surface area contributed by atoms with Gasteiger partial charge in [0, 0.05) is 12.6 Å². The first-order chi connectivity index (χ1) is 8.52. The number of rotatable bonds is 6. The molecule has 0 saturated heterocycles. The molecule has 1 amide bonds. The molecule has 1 atom stereocenters. The van der Waals surface area contributed by atoms with Crippen molar-refractivity contribution in [3.05, 3.63) is 34.9 Å². The van der Waals surface area contributed by atoms with Crippen molar-refractivity contribution in [2.75, 3.05) is 6.61 Å². The predicted molar refractivity (Wildman–Crippen MR) is 73.5 cm³/mol. The third kappa shape index (κ3) is 4.88. The molecule has 0 aliphatic heterocycles. The van der Waals surface area contributed by atoms with Gasteiger partial charge in [-0.15, -0.1) is 0 Å². The van der Waals surface area contributed by atoms with Gasteiger partial charge in [-0.25, -0.2) is 0 Å². The lowest BCUT2D eigenvalue weighted by atomic mass is 10.0. The zero-order chi connectivity index (χ0) is 13.5. The Morgan fingerprint density at radius 1 is 1.33 bits per heavy atom. The van der Waals surface area contributed by atoms with E-state index < -0.39 is 0 Å². The normalized spacial score (nSPS) is 12.2. The van der Waals surface area contributed by atoms with Crippen molar-refractivity contribution < 1.29 is 9.90 Å². The minimum Gasteiger partial charge on any atom is -0.396 e. The van der Waals surface area contributed by atoms with E-state index >= 15 is 0 Å². The molecule has 1 aromatic carbocycles. The molecule has 0 saturated carbocycles. The van der Waals surface area contributed by atoms with Crippen LogP contribution in [0.2, 0.25) is 0 Å². The molecule has 100 valence electrons. The molecule has 0 aliphatic carbocycles. The summed E-state index contributed by atoms with van der Waals surface area (Å²) in [4.78, 5) is 11.8. The Morgan fingerprint density at radius 2 is 2.06 bits per heavy atom. The van der Waals surface area contributed by atoms with E-state index in [1.54, 1.807) is 0 Å². The van der Waals surface area contributed by atoms with Crippen molar-refractivity contribution >= 4 is 5.91 Å². The van der Waals surface area contributed by atoms with Gasteiger partial charge in [0.1, 0.15) is 0 Å². The summed E-state index contributed by atoms with van der Waals surface area (Å²) in [6, 6.07) is 6.23. The molecule has 3 heteroatoms. The first-order valence-electron chi connectivity index (χ1n) is 6.49. The molecule has 0 radical (unpaired) electrons. The second kappa shape index (κ2) is 7.17. The zero-order valence-electron chi connectivity index (χ0n) is 11.5. The monoisotopic (exact) mass is 249 g/mol. The number of amides is 1. The van der Waals surface area contributed by atoms with Crippen LogP contribution in [0.25, 0.3) is 0 Å². The topological polar surface area (TPSA) is 49.3 Å². The van der Waals surface area contributed by atoms with Crippen molar-refractivity contribution in [1.82, 2.24) is 5.32 Å². The van der Waals surface area contributed by atoms with Crippen molar-refractivity contribution in [2.24, 2.45) is 0 Å². The van der Waals surface area contributed by atoms with E-state index in [4.69, 9.17) is 5.11 Å². The summed E-state index contributed by atoms with van der Waals surface area (Å²) >= 11 is 0. The first-order valence-corrected chi connectivity index (χ1v) is 6.49. The Hall–Kier alpha value is -1.35. The zero-order valence-corrected chi connectivity index (χ0v) is 11.5. The van der Waals surface area contributed by atoms with Crippen LogP contribution in [0.3, 0.4) is 0 Å². The van der Waals surface area contributed by atoms with Gasteiger partial charge in [0.15, 0.2) is 0 Å². The number of aliphatic hydroxyl groups excluding tert-OH is 1. The van der Waals surface area contributed by atoms with Crippen LogP contribution in [0.5, 0.6) is 0 Å². The standard InChI is InChI=1S/C15H23NO2/c1-11-6-7-14(9-12(11)2)10-15(18)16-13(3)5-4-8-17/h6-7,9,13,17H,4-5,8,10H2,1-3H3,(H,16,18). The number of nitrogens with one attached hydrogen (secondary N) is 1. The predicted octanol–water partition coefficient (Wildman–Crippen LogP) is 2.12. The first kappa shape index (κ1) is 14.7. The summed E-state index contributed by atoms with van der Waals surface area (Å²) in [5.74, 6) is 0.0451. The van der Waals surface area contributed by atoms with E-state index in [-0.39, 0.29) is 18.6 Å². The van der Waals surface area contributed by atoms with E-state index in [0.29, 0.717) is 6.42 Å². The summed E-state index contributed by atoms with van der Waals surface area (Å²) in [5.41, 5.74) is 3.51. The highest BCUT2D eigenvalue weighted by Crippen LogP contribution is 2.10. The highest BCUT2D eigenvalue weighted by atomic mass is 16.2. The summed E-state index contributed by atoms with van der Waals surface area (Å²) < 4.78 is 0. The number of hydrogen-bond donors (Lipinski definition) is 2. The van der Waals surface area contributed by atoms with Gasteiger partial charge in [-0.1, -0.05) is 18.2 Å². The van der Waals surface area contributed by atoms with Crippen LogP contribution in [0.1, 0.15) is 36.5 Å². The largest absolute Gasteiger partial charge is 0.396 e. The van der Waals surface area contributed by atoms with Gasteiger partial charge < -0.3 is 10.4 Å². The molecule has 0 spiro atoms. The Balaban J connectivity index is 2.46. The molecule has 0 fully saturated rings. The maximum atomic E-state index is 11.8. The molecule has 1 aromatic rings. The van der Waals surface area contributed by atoms with Gasteiger partial charge in [-0.2, -0.15) is 0 Å². The fraction of sp³-hybridized carbons (Fsp3) is 0.533. The number of aliphatic hydroxyl groups is 1. The van der Waals surface area contributed by atoms with Crippen molar-refractivity contribution in [3.8, 4) is 0 Å². The Morgan fingerprint density at radius 3 is 2.67 bits per heavy atom. The van der Waals surface area contributed by atoms with Gasteiger partial charge >= 0.3 is 0 Å². The molecular weight excluding hydrogens is 226 g/mol. The van der Waals surface area contributed by atoms with Gasteiger partial charge in [0.2, 0.25) is 5.91 Å². The second-order valence-corrected chi connectivity index (χ2v) is 4.93. The summed E-state index contributed by atoms with van der Waals surface area (Å²) in [6.07, 6.45) is 1.96. The van der Waals surface area contributed by atoms with Gasteiger partial charge in [0.05, 0.1) is 6.42 Å². The van der Waals surface area contributed by atoms with E-state index in [9.17, 15) is 4.79 Å². The van der Waals surface area contributed by atoms with Gasteiger partial charge in [0.25, 0.3) is 0 Å². The second-order valence-electron chi connectivity index (χ2n) is 4.93. The highest BCUT2D eigenvalue weighted by molar-refractivity contribution is 5.78. The maximum absolute atomic E-state index is 11.8. The maximum Gasteiger partial charge on any atom is 0.224 e. The third-order valence-corrected chi connectivity index (χ3v) is 3.14. The molecule has 0 heterocycles. The molecule has 3 nitrogen and oxygen atoms in total. The molecular formula is C15H23NO2. The van der Waals surface area contributed by atoms with Crippen LogP contribution in [-0.4, -0.2) is 23.7 Å². The van der Waals surface area contributed by atoms with Crippen molar-refractivity contribution in [1.29, 1.82) is 0 Å². The van der Waals surface area contributed by atoms with Crippen LogP contribution in [0.4, 0.5) is 0 Å². The van der Waals surface area contributed by atoms with Crippen LogP contribution < -0.4 is 5.32 Å². The van der Waals surface area contributed by atoms with E-state index in [1.165, 1.54) is 11.1 Å². The minimum absolute atomic E-state index is 0.0451. The number of aryl methyl sites for hydroxylation is 2. The lowest BCUT2D eigenvalue weighted by Gasteiger charge is -2.13. The molecule has 18 heavy (non-hydrogen) atoms. The van der Waals surface area contributed by atoms with Crippen LogP contribution in [0.15, 0.2) is 18.2 Å². The molecule has 2 N–H and O–H groups in total. The van der Waals surface area contributed by atoms with Crippen LogP contribution in [0, 0.1) is 13.8 Å². The van der Waals surface area contributed by atoms with Crippen molar-refractivity contribution in [2.45, 2.75) is 46.1 Å². The third-order valence-electron chi connectivity index (χ3n) is 3.14. The van der Waals surface area contributed by atoms with Crippen LogP contribution in [-0.2, 0) is 11.2 Å². The lowest BCUT2D eigenvalue weighted by molar-refractivity contribution is -0.121. The quantitative estimate of drug-likeness (QED) is 0.811. The molecule has 1 unspecified atom stereocenters. The summed E-state index contributed by atoms with van der Waals surface area (Å²) in [7, 11) is 0. The highest BCUT2D eigenvalue weighted by Gasteiger charge is 2.08. The number of hydrogen-bond acceptors (Lipinski definition) is 2. The molecule has 0 bridgehead atoms. The smallest absolute Gasteiger partial charge is 0.224 e. The number of benzene rings is 1. The molecule has 0 aliphatic rings. The Labute approximate surface area is 109 Å². The van der Waals surface area contributed by atoms with E-state index in [2.05, 4.69) is 25.2 Å². The number of carbonyl (C=O) groups excluding carboxylic acids is 1. The SMILES string of the molecule is Cc1ccc(CC(=O)NC(C)CCCO)cc1C. The summed E-state index contributed by atoms with van der Waals surface area (Å²) in [6.45, 7) is 6.27. The van der Waals surface area contributed by atoms with Gasteiger partial charge in [-0.05, 0) is 50.3 Å². The van der Waals surface area contributed by atoms with Gasteiger partial charge in [-0.3, -0.25) is 4.79 Å². The van der Waals surface area contributed by atoms with E-state index in [1.807, 2.05) is 19.1 Å². The average Bonchev–Trinajstić information content (AvgIpc) is 2.31. The minimum atomic E-state index is 0.0451. The lowest BCUT2D eigenvalue weighted by Crippen LogP contribution is -2.33. The number of carbonyl (C=O) groups is 1. The molecule has 1 rings (SSSR count). The van der Waals surface area contributed by atoms with Crippen molar-refractivity contribution in [3.63, 3.8) is 0 Å². The fourth-order valence-electron chi connectivity index (χ4n) is 1.89.